The van der Waals surface area contributed by atoms with Gasteiger partial charge in [-0.1, -0.05) is 0 Å². The first kappa shape index (κ1) is 10.8. The summed E-state index contributed by atoms with van der Waals surface area (Å²) in [5, 5.41) is 16.6. The molecule has 0 atom stereocenters. The summed E-state index contributed by atoms with van der Waals surface area (Å²) in [6, 6.07) is 0. The standard InChI is InChI=1S/C6H8F2O4/c1-5(3(9)10,4(11)12)6(2,7)8/h1-2H3,(H,9,10)(H,11,12). The van der Waals surface area contributed by atoms with Crippen molar-refractivity contribution in [2.45, 2.75) is 19.8 Å². The minimum atomic E-state index is -3.80. The molecule has 0 radical (unpaired) electrons. The average Bonchev–Trinajstić information content (AvgIpc) is 1.82. The summed E-state index contributed by atoms with van der Waals surface area (Å²) in [5.41, 5.74) is -3.06. The number of carboxylic acid groups (broad SMARTS) is 2. The molecular weight excluding hydrogens is 174 g/mol. The zero-order valence-electron chi connectivity index (χ0n) is 6.47. The Labute approximate surface area is 66.8 Å². The van der Waals surface area contributed by atoms with E-state index in [-0.39, 0.29) is 6.92 Å². The molecule has 0 aliphatic heterocycles. The SMILES string of the molecule is CC(F)(F)C(C)(C(=O)O)C(=O)O. The lowest BCUT2D eigenvalue weighted by atomic mass is 9.84. The first-order chi connectivity index (χ1) is 5.14. The Hall–Kier alpha value is -1.20. The van der Waals surface area contributed by atoms with Crippen LogP contribution in [0, 0.1) is 5.41 Å². The average molecular weight is 182 g/mol. The summed E-state index contributed by atoms with van der Waals surface area (Å²) in [5.74, 6) is -7.91. The smallest absolute Gasteiger partial charge is 0.327 e. The van der Waals surface area contributed by atoms with Gasteiger partial charge < -0.3 is 10.2 Å². The number of rotatable bonds is 3. The van der Waals surface area contributed by atoms with Gasteiger partial charge in [-0.15, -0.1) is 0 Å². The molecule has 0 unspecified atom stereocenters. The molecule has 0 fully saturated rings. The van der Waals surface area contributed by atoms with Crippen molar-refractivity contribution in [2.24, 2.45) is 5.41 Å². The van der Waals surface area contributed by atoms with Crippen LogP contribution in [0.4, 0.5) is 8.78 Å². The third kappa shape index (κ3) is 1.37. The van der Waals surface area contributed by atoms with Crippen LogP contribution >= 0.6 is 0 Å². The Kier molecular flexibility index (Phi) is 2.42. The van der Waals surface area contributed by atoms with Crippen LogP contribution in [0.1, 0.15) is 13.8 Å². The maximum atomic E-state index is 12.5. The predicted molar refractivity (Wildman–Crippen MR) is 34.0 cm³/mol. The maximum Gasteiger partial charge on any atom is 0.327 e. The van der Waals surface area contributed by atoms with E-state index in [2.05, 4.69) is 0 Å². The van der Waals surface area contributed by atoms with E-state index >= 15 is 0 Å². The van der Waals surface area contributed by atoms with Crippen LogP contribution in [0.25, 0.3) is 0 Å². The minimum Gasteiger partial charge on any atom is -0.480 e. The van der Waals surface area contributed by atoms with Crippen LogP contribution in [0.15, 0.2) is 0 Å². The lowest BCUT2D eigenvalue weighted by Gasteiger charge is -2.25. The molecular formula is C6H8F2O4. The van der Waals surface area contributed by atoms with Crippen LogP contribution < -0.4 is 0 Å². The molecule has 0 saturated heterocycles. The molecule has 0 spiro atoms. The number of alkyl halides is 2. The molecule has 0 aromatic carbocycles. The fraction of sp³-hybridized carbons (Fsp3) is 0.667. The normalized spacial score (nSPS) is 12.7. The van der Waals surface area contributed by atoms with Crippen LogP contribution in [-0.4, -0.2) is 28.1 Å². The van der Waals surface area contributed by atoms with Crippen molar-refractivity contribution < 1.29 is 28.6 Å². The van der Waals surface area contributed by atoms with Gasteiger partial charge in [0.25, 0.3) is 5.92 Å². The van der Waals surface area contributed by atoms with Gasteiger partial charge in [-0.05, 0) is 6.92 Å². The Morgan fingerprint density at radius 1 is 1.08 bits per heavy atom. The van der Waals surface area contributed by atoms with Gasteiger partial charge in [-0.25, -0.2) is 8.78 Å². The summed E-state index contributed by atoms with van der Waals surface area (Å²) in [7, 11) is 0. The van der Waals surface area contributed by atoms with E-state index in [1.807, 2.05) is 0 Å². The minimum absolute atomic E-state index is 0.259. The van der Waals surface area contributed by atoms with Gasteiger partial charge in [0.2, 0.25) is 5.41 Å². The molecule has 0 aliphatic rings. The lowest BCUT2D eigenvalue weighted by molar-refractivity contribution is -0.188. The summed E-state index contributed by atoms with van der Waals surface area (Å²) < 4.78 is 25.0. The molecule has 6 heteroatoms. The second kappa shape index (κ2) is 2.69. The fourth-order valence-corrected chi connectivity index (χ4v) is 0.467. The predicted octanol–water partition coefficient (Wildman–Crippen LogP) is 0.817. The third-order valence-electron chi connectivity index (χ3n) is 1.73. The summed E-state index contributed by atoms with van der Waals surface area (Å²) in [6.45, 7) is 0.729. The zero-order valence-corrected chi connectivity index (χ0v) is 6.47. The summed E-state index contributed by atoms with van der Waals surface area (Å²) in [4.78, 5) is 20.5. The van der Waals surface area contributed by atoms with Gasteiger partial charge >= 0.3 is 11.9 Å². The van der Waals surface area contributed by atoms with E-state index in [4.69, 9.17) is 10.2 Å². The van der Waals surface area contributed by atoms with E-state index < -0.39 is 23.3 Å². The van der Waals surface area contributed by atoms with Crippen molar-refractivity contribution in [3.05, 3.63) is 0 Å². The topological polar surface area (TPSA) is 74.6 Å². The molecule has 0 bridgehead atoms. The monoisotopic (exact) mass is 182 g/mol. The Morgan fingerprint density at radius 2 is 1.33 bits per heavy atom. The van der Waals surface area contributed by atoms with Gasteiger partial charge in [0.1, 0.15) is 0 Å². The van der Waals surface area contributed by atoms with Crippen molar-refractivity contribution in [3.8, 4) is 0 Å². The second-order valence-electron chi connectivity index (χ2n) is 2.62. The molecule has 0 aliphatic carbocycles. The van der Waals surface area contributed by atoms with E-state index in [0.29, 0.717) is 6.92 Å². The highest BCUT2D eigenvalue weighted by atomic mass is 19.3. The largest absolute Gasteiger partial charge is 0.480 e. The fourth-order valence-electron chi connectivity index (χ4n) is 0.467. The summed E-state index contributed by atoms with van der Waals surface area (Å²) >= 11 is 0. The van der Waals surface area contributed by atoms with Gasteiger partial charge in [0, 0.05) is 6.92 Å². The maximum absolute atomic E-state index is 12.5. The molecule has 4 nitrogen and oxygen atoms in total. The van der Waals surface area contributed by atoms with Crippen molar-refractivity contribution >= 4 is 11.9 Å². The van der Waals surface area contributed by atoms with Gasteiger partial charge in [0.05, 0.1) is 0 Å². The second-order valence-corrected chi connectivity index (χ2v) is 2.62. The van der Waals surface area contributed by atoms with Crippen molar-refractivity contribution in [3.63, 3.8) is 0 Å². The number of hydrogen-bond donors (Lipinski definition) is 2. The highest BCUT2D eigenvalue weighted by molar-refractivity contribution is 5.98. The van der Waals surface area contributed by atoms with Crippen molar-refractivity contribution in [1.82, 2.24) is 0 Å². The molecule has 12 heavy (non-hydrogen) atoms. The Bertz CT molecular complexity index is 204. The third-order valence-corrected chi connectivity index (χ3v) is 1.73. The van der Waals surface area contributed by atoms with Crippen LogP contribution in [0.2, 0.25) is 0 Å². The quantitative estimate of drug-likeness (QED) is 0.633. The number of carbonyl (C=O) groups is 2. The number of halogens is 2. The van der Waals surface area contributed by atoms with E-state index in [9.17, 15) is 18.4 Å². The van der Waals surface area contributed by atoms with Crippen molar-refractivity contribution in [1.29, 1.82) is 0 Å². The number of aliphatic carboxylic acids is 2. The van der Waals surface area contributed by atoms with Crippen LogP contribution in [0.3, 0.4) is 0 Å². The molecule has 2 N–H and O–H groups in total. The molecule has 0 aromatic rings. The van der Waals surface area contributed by atoms with E-state index in [1.165, 1.54) is 0 Å². The molecule has 0 heterocycles. The molecule has 0 rings (SSSR count). The number of hydrogen-bond acceptors (Lipinski definition) is 2. The highest BCUT2D eigenvalue weighted by Crippen LogP contribution is 2.36. The van der Waals surface area contributed by atoms with Crippen LogP contribution in [-0.2, 0) is 9.59 Å². The van der Waals surface area contributed by atoms with Crippen LogP contribution in [0.5, 0.6) is 0 Å². The Balaban J connectivity index is 5.17. The molecule has 0 saturated carbocycles. The van der Waals surface area contributed by atoms with E-state index in [1.54, 1.807) is 0 Å². The lowest BCUT2D eigenvalue weighted by Crippen LogP contribution is -2.49. The van der Waals surface area contributed by atoms with Gasteiger partial charge in [0.15, 0.2) is 0 Å². The van der Waals surface area contributed by atoms with Crippen molar-refractivity contribution in [2.75, 3.05) is 0 Å². The zero-order chi connectivity index (χ0) is 10.2. The van der Waals surface area contributed by atoms with E-state index in [0.717, 1.165) is 0 Å². The highest BCUT2D eigenvalue weighted by Gasteiger charge is 2.59. The molecule has 0 amide bonds. The summed E-state index contributed by atoms with van der Waals surface area (Å²) in [6.07, 6.45) is 0. The first-order valence-electron chi connectivity index (χ1n) is 2.98. The van der Waals surface area contributed by atoms with Gasteiger partial charge in [-0.3, -0.25) is 9.59 Å². The van der Waals surface area contributed by atoms with Gasteiger partial charge in [-0.2, -0.15) is 0 Å². The Morgan fingerprint density at radius 3 is 1.33 bits per heavy atom. The molecule has 0 aromatic heterocycles. The number of carboxylic acids is 2. The first-order valence-corrected chi connectivity index (χ1v) is 2.98. The molecule has 70 valence electrons.